The smallest absolute Gasteiger partial charge is 0.227 e. The summed E-state index contributed by atoms with van der Waals surface area (Å²) in [6.45, 7) is 1.42. The van der Waals surface area contributed by atoms with E-state index in [1.54, 1.807) is 0 Å². The lowest BCUT2D eigenvalue weighted by atomic mass is 10.0. The standard InChI is InChI=1S/C19H22N2O.ClH/c20-14-18-7-4-12-21(18)19(22)13-15-8-10-17(11-9-15)16-5-2-1-3-6-16;/h1-3,5-6,8-11,18H,4,7,12-14,20H2;1H. The third-order valence-corrected chi connectivity index (χ3v) is 4.39. The molecular weight excluding hydrogens is 308 g/mol. The van der Waals surface area contributed by atoms with Crippen molar-refractivity contribution in [2.75, 3.05) is 13.1 Å². The van der Waals surface area contributed by atoms with Crippen LogP contribution in [0.1, 0.15) is 18.4 Å². The molecule has 2 aromatic rings. The Bertz CT molecular complexity index is 628. The number of carbonyl (C=O) groups excluding carboxylic acids is 1. The molecule has 1 heterocycles. The molecule has 4 heteroatoms. The van der Waals surface area contributed by atoms with Gasteiger partial charge in [-0.1, -0.05) is 54.6 Å². The average molecular weight is 331 g/mol. The Hall–Kier alpha value is -1.84. The summed E-state index contributed by atoms with van der Waals surface area (Å²) >= 11 is 0. The first kappa shape index (κ1) is 17.5. The number of nitrogens with zero attached hydrogens (tertiary/aromatic N) is 1. The Labute approximate surface area is 143 Å². The molecule has 0 radical (unpaired) electrons. The minimum absolute atomic E-state index is 0. The molecule has 0 aromatic heterocycles. The Kier molecular flexibility index (Phi) is 6.20. The van der Waals surface area contributed by atoms with Crippen molar-refractivity contribution < 1.29 is 4.79 Å². The fourth-order valence-electron chi connectivity index (χ4n) is 3.13. The van der Waals surface area contributed by atoms with Crippen LogP contribution in [0.15, 0.2) is 54.6 Å². The van der Waals surface area contributed by atoms with E-state index < -0.39 is 0 Å². The molecule has 2 N–H and O–H groups in total. The molecule has 3 rings (SSSR count). The summed E-state index contributed by atoms with van der Waals surface area (Å²) in [6.07, 6.45) is 2.57. The van der Waals surface area contributed by atoms with E-state index in [1.807, 2.05) is 35.2 Å². The highest BCUT2D eigenvalue weighted by atomic mass is 35.5. The normalized spacial score (nSPS) is 16.9. The van der Waals surface area contributed by atoms with Gasteiger partial charge < -0.3 is 10.6 Å². The van der Waals surface area contributed by atoms with Crippen molar-refractivity contribution >= 4 is 18.3 Å². The van der Waals surface area contributed by atoms with Gasteiger partial charge in [-0.2, -0.15) is 0 Å². The molecule has 2 aromatic carbocycles. The maximum atomic E-state index is 12.4. The highest BCUT2D eigenvalue weighted by molar-refractivity contribution is 5.85. The molecule has 1 aliphatic rings. The number of likely N-dealkylation sites (tertiary alicyclic amines) is 1. The molecule has 1 saturated heterocycles. The number of hydrogen-bond acceptors (Lipinski definition) is 2. The van der Waals surface area contributed by atoms with Gasteiger partial charge in [-0.05, 0) is 29.5 Å². The van der Waals surface area contributed by atoms with Crippen LogP contribution in [0.2, 0.25) is 0 Å². The molecule has 122 valence electrons. The fourth-order valence-corrected chi connectivity index (χ4v) is 3.13. The van der Waals surface area contributed by atoms with Gasteiger partial charge in [-0.15, -0.1) is 12.4 Å². The van der Waals surface area contributed by atoms with Crippen LogP contribution in [-0.4, -0.2) is 29.9 Å². The zero-order valence-electron chi connectivity index (χ0n) is 13.2. The van der Waals surface area contributed by atoms with Crippen molar-refractivity contribution in [2.24, 2.45) is 5.73 Å². The summed E-state index contributed by atoms with van der Waals surface area (Å²) in [4.78, 5) is 14.4. The topological polar surface area (TPSA) is 46.3 Å². The van der Waals surface area contributed by atoms with E-state index >= 15 is 0 Å². The SMILES string of the molecule is Cl.NCC1CCCN1C(=O)Cc1ccc(-c2ccccc2)cc1. The van der Waals surface area contributed by atoms with Crippen LogP contribution in [0, 0.1) is 0 Å². The third-order valence-electron chi connectivity index (χ3n) is 4.39. The van der Waals surface area contributed by atoms with Gasteiger partial charge >= 0.3 is 0 Å². The Balaban J connectivity index is 0.00000192. The summed E-state index contributed by atoms with van der Waals surface area (Å²) in [5.74, 6) is 0.195. The van der Waals surface area contributed by atoms with Crippen molar-refractivity contribution in [2.45, 2.75) is 25.3 Å². The molecule has 1 fully saturated rings. The average Bonchev–Trinajstić information content (AvgIpc) is 3.05. The van der Waals surface area contributed by atoms with Crippen molar-refractivity contribution in [3.8, 4) is 11.1 Å². The monoisotopic (exact) mass is 330 g/mol. The molecule has 0 saturated carbocycles. The summed E-state index contributed by atoms with van der Waals surface area (Å²) in [6, 6.07) is 18.8. The second-order valence-corrected chi connectivity index (χ2v) is 5.86. The number of amides is 1. The van der Waals surface area contributed by atoms with Gasteiger partial charge in [0.2, 0.25) is 5.91 Å². The second kappa shape index (κ2) is 8.14. The molecule has 3 nitrogen and oxygen atoms in total. The van der Waals surface area contributed by atoms with Gasteiger partial charge in [0, 0.05) is 19.1 Å². The van der Waals surface area contributed by atoms with Gasteiger partial charge in [-0.3, -0.25) is 4.79 Å². The molecule has 1 unspecified atom stereocenters. The van der Waals surface area contributed by atoms with E-state index in [1.165, 1.54) is 11.1 Å². The first-order valence-electron chi connectivity index (χ1n) is 7.92. The van der Waals surface area contributed by atoms with Gasteiger partial charge in [0.05, 0.1) is 6.42 Å². The minimum atomic E-state index is 0. The predicted octanol–water partition coefficient (Wildman–Crippen LogP) is 3.27. The fraction of sp³-hybridized carbons (Fsp3) is 0.316. The van der Waals surface area contributed by atoms with Crippen molar-refractivity contribution in [1.82, 2.24) is 4.90 Å². The highest BCUT2D eigenvalue weighted by Crippen LogP contribution is 2.21. The van der Waals surface area contributed by atoms with Crippen molar-refractivity contribution in [3.63, 3.8) is 0 Å². The molecule has 0 aliphatic carbocycles. The first-order valence-corrected chi connectivity index (χ1v) is 7.92. The number of rotatable bonds is 4. The minimum Gasteiger partial charge on any atom is -0.338 e. The Morgan fingerprint density at radius 3 is 2.35 bits per heavy atom. The lowest BCUT2D eigenvalue weighted by molar-refractivity contribution is -0.131. The van der Waals surface area contributed by atoms with Crippen LogP contribution in [0.25, 0.3) is 11.1 Å². The summed E-state index contributed by atoms with van der Waals surface area (Å²) in [7, 11) is 0. The predicted molar refractivity (Wildman–Crippen MR) is 96.6 cm³/mol. The van der Waals surface area contributed by atoms with Crippen molar-refractivity contribution in [1.29, 1.82) is 0 Å². The van der Waals surface area contributed by atoms with Crippen LogP contribution in [0.4, 0.5) is 0 Å². The molecule has 1 aliphatic heterocycles. The summed E-state index contributed by atoms with van der Waals surface area (Å²) in [5, 5.41) is 0. The third kappa shape index (κ3) is 4.12. The molecule has 23 heavy (non-hydrogen) atoms. The van der Waals surface area contributed by atoms with Gasteiger partial charge in [0.25, 0.3) is 0 Å². The van der Waals surface area contributed by atoms with E-state index in [4.69, 9.17) is 5.73 Å². The van der Waals surface area contributed by atoms with Gasteiger partial charge in [0.15, 0.2) is 0 Å². The molecule has 0 bridgehead atoms. The van der Waals surface area contributed by atoms with Gasteiger partial charge in [0.1, 0.15) is 0 Å². The zero-order valence-corrected chi connectivity index (χ0v) is 14.0. The zero-order chi connectivity index (χ0) is 15.4. The second-order valence-electron chi connectivity index (χ2n) is 5.86. The number of benzene rings is 2. The first-order chi connectivity index (χ1) is 10.8. The van der Waals surface area contributed by atoms with E-state index in [0.717, 1.165) is 24.9 Å². The highest BCUT2D eigenvalue weighted by Gasteiger charge is 2.27. The number of halogens is 1. The Morgan fingerprint density at radius 1 is 1.04 bits per heavy atom. The maximum absolute atomic E-state index is 12.4. The number of carbonyl (C=O) groups is 1. The van der Waals surface area contributed by atoms with E-state index in [2.05, 4.69) is 24.3 Å². The molecule has 1 amide bonds. The van der Waals surface area contributed by atoms with Crippen LogP contribution in [-0.2, 0) is 11.2 Å². The van der Waals surface area contributed by atoms with Crippen LogP contribution >= 0.6 is 12.4 Å². The Morgan fingerprint density at radius 2 is 1.70 bits per heavy atom. The number of hydrogen-bond donors (Lipinski definition) is 1. The molecule has 1 atom stereocenters. The van der Waals surface area contributed by atoms with E-state index in [-0.39, 0.29) is 24.4 Å². The summed E-state index contributed by atoms with van der Waals surface area (Å²) < 4.78 is 0. The summed E-state index contributed by atoms with van der Waals surface area (Å²) in [5.41, 5.74) is 9.18. The molecular formula is C19H23ClN2O. The lowest BCUT2D eigenvalue weighted by Crippen LogP contribution is -2.40. The molecule has 0 spiro atoms. The van der Waals surface area contributed by atoms with Crippen molar-refractivity contribution in [3.05, 3.63) is 60.2 Å². The van der Waals surface area contributed by atoms with E-state index in [0.29, 0.717) is 13.0 Å². The van der Waals surface area contributed by atoms with E-state index in [9.17, 15) is 4.79 Å². The van der Waals surface area contributed by atoms with Crippen LogP contribution in [0.3, 0.4) is 0 Å². The lowest BCUT2D eigenvalue weighted by Gasteiger charge is -2.23. The number of nitrogens with two attached hydrogens (primary N) is 1. The van der Waals surface area contributed by atoms with Gasteiger partial charge in [-0.25, -0.2) is 0 Å². The quantitative estimate of drug-likeness (QED) is 0.935. The maximum Gasteiger partial charge on any atom is 0.227 e. The van der Waals surface area contributed by atoms with Crippen LogP contribution in [0.5, 0.6) is 0 Å². The largest absolute Gasteiger partial charge is 0.338 e. The van der Waals surface area contributed by atoms with Crippen LogP contribution < -0.4 is 5.73 Å².